The van der Waals surface area contributed by atoms with E-state index in [1.54, 1.807) is 4.68 Å². The van der Waals surface area contributed by atoms with Gasteiger partial charge in [0.25, 0.3) is 0 Å². The van der Waals surface area contributed by atoms with E-state index in [0.717, 1.165) is 24.4 Å². The predicted molar refractivity (Wildman–Crippen MR) is 49.7 cm³/mol. The first-order valence-corrected chi connectivity index (χ1v) is 4.02. The van der Waals surface area contributed by atoms with Crippen LogP contribution in [0.2, 0.25) is 0 Å². The summed E-state index contributed by atoms with van der Waals surface area (Å²) in [5.74, 6) is 0. The van der Waals surface area contributed by atoms with Crippen molar-refractivity contribution in [1.82, 2.24) is 15.1 Å². The van der Waals surface area contributed by atoms with Gasteiger partial charge in [-0.3, -0.25) is 4.68 Å². The van der Waals surface area contributed by atoms with E-state index >= 15 is 0 Å². The van der Waals surface area contributed by atoms with Crippen LogP contribution in [0.15, 0.2) is 24.4 Å². The second-order valence-electron chi connectivity index (χ2n) is 3.04. The average Bonchev–Trinajstić information content (AvgIpc) is 2.35. The van der Waals surface area contributed by atoms with Crippen molar-refractivity contribution in [1.29, 1.82) is 0 Å². The van der Waals surface area contributed by atoms with Crippen LogP contribution in [-0.4, -0.2) is 16.3 Å². The smallest absolute Gasteiger partial charge is 0.0762 e. The van der Waals surface area contributed by atoms with Crippen molar-refractivity contribution in [2.45, 2.75) is 13.5 Å². The normalized spacial score (nSPS) is 10.2. The van der Waals surface area contributed by atoms with E-state index in [2.05, 4.69) is 17.0 Å². The molecule has 0 atom stereocenters. The van der Waals surface area contributed by atoms with E-state index in [4.69, 9.17) is 0 Å². The Bertz CT molecular complexity index is 262. The Morgan fingerprint density at radius 1 is 1.75 bits per heavy atom. The number of hydrogen-bond acceptors (Lipinski definition) is 2. The Morgan fingerprint density at radius 3 is 3.00 bits per heavy atom. The van der Waals surface area contributed by atoms with Gasteiger partial charge in [0.2, 0.25) is 0 Å². The van der Waals surface area contributed by atoms with Crippen molar-refractivity contribution < 1.29 is 0 Å². The van der Waals surface area contributed by atoms with Crippen LogP contribution in [0, 0.1) is 0 Å². The van der Waals surface area contributed by atoms with E-state index in [0.29, 0.717) is 0 Å². The van der Waals surface area contributed by atoms with Gasteiger partial charge in [-0.2, -0.15) is 5.10 Å². The number of hydrogen-bond donors (Lipinski definition) is 1. The zero-order valence-electron chi connectivity index (χ0n) is 7.67. The Labute approximate surface area is 73.1 Å². The number of aromatic nitrogens is 2. The summed E-state index contributed by atoms with van der Waals surface area (Å²) in [6.45, 7) is 7.48. The standard InChI is InChI=1S/C9H15N3/c1-8(2)6-10-7-9-4-5-12(3)11-9/h4-5,10H,1,6-7H2,2-3H3. The number of aryl methyl sites for hydroxylation is 1. The van der Waals surface area contributed by atoms with Crippen LogP contribution in [-0.2, 0) is 13.6 Å². The second kappa shape index (κ2) is 4.07. The van der Waals surface area contributed by atoms with Crippen LogP contribution in [0.3, 0.4) is 0 Å². The second-order valence-corrected chi connectivity index (χ2v) is 3.04. The molecule has 66 valence electrons. The van der Waals surface area contributed by atoms with Crippen LogP contribution >= 0.6 is 0 Å². The fraction of sp³-hybridized carbons (Fsp3) is 0.444. The molecule has 0 aromatic carbocycles. The molecule has 0 aliphatic rings. The van der Waals surface area contributed by atoms with Gasteiger partial charge in [-0.1, -0.05) is 12.2 Å². The van der Waals surface area contributed by atoms with Crippen molar-refractivity contribution in [2.24, 2.45) is 7.05 Å². The molecular formula is C9H15N3. The first-order chi connectivity index (χ1) is 5.68. The summed E-state index contributed by atoms with van der Waals surface area (Å²) in [5.41, 5.74) is 2.21. The van der Waals surface area contributed by atoms with Crippen LogP contribution < -0.4 is 5.32 Å². The molecule has 0 aliphatic heterocycles. The summed E-state index contributed by atoms with van der Waals surface area (Å²) in [7, 11) is 1.92. The summed E-state index contributed by atoms with van der Waals surface area (Å²) in [4.78, 5) is 0. The summed E-state index contributed by atoms with van der Waals surface area (Å²) >= 11 is 0. The molecule has 0 saturated heterocycles. The summed E-state index contributed by atoms with van der Waals surface area (Å²) in [6, 6.07) is 2.01. The van der Waals surface area contributed by atoms with Crippen LogP contribution in [0.25, 0.3) is 0 Å². The molecule has 1 N–H and O–H groups in total. The fourth-order valence-electron chi connectivity index (χ4n) is 0.961. The molecule has 1 heterocycles. The molecule has 0 amide bonds. The topological polar surface area (TPSA) is 29.9 Å². The lowest BCUT2D eigenvalue weighted by Gasteiger charge is -2.00. The highest BCUT2D eigenvalue weighted by molar-refractivity contribution is 4.99. The zero-order valence-corrected chi connectivity index (χ0v) is 7.67. The lowest BCUT2D eigenvalue weighted by atomic mass is 10.3. The molecule has 0 bridgehead atoms. The molecule has 1 aromatic rings. The Kier molecular flexibility index (Phi) is 3.05. The third-order valence-electron chi connectivity index (χ3n) is 1.50. The molecule has 0 radical (unpaired) electrons. The first-order valence-electron chi connectivity index (χ1n) is 4.02. The van der Waals surface area contributed by atoms with Gasteiger partial charge in [0.05, 0.1) is 5.69 Å². The summed E-state index contributed by atoms with van der Waals surface area (Å²) in [6.07, 6.45) is 1.94. The maximum Gasteiger partial charge on any atom is 0.0762 e. The maximum absolute atomic E-state index is 4.23. The molecule has 0 unspecified atom stereocenters. The largest absolute Gasteiger partial charge is 0.307 e. The molecule has 0 aliphatic carbocycles. The minimum Gasteiger partial charge on any atom is -0.307 e. The van der Waals surface area contributed by atoms with Crippen molar-refractivity contribution in [3.05, 3.63) is 30.1 Å². The Hall–Kier alpha value is -1.09. The van der Waals surface area contributed by atoms with Crippen molar-refractivity contribution in [3.8, 4) is 0 Å². The van der Waals surface area contributed by atoms with Gasteiger partial charge in [-0.25, -0.2) is 0 Å². The highest BCUT2D eigenvalue weighted by Gasteiger charge is 1.94. The molecule has 3 heteroatoms. The Morgan fingerprint density at radius 2 is 2.50 bits per heavy atom. The molecule has 12 heavy (non-hydrogen) atoms. The quantitative estimate of drug-likeness (QED) is 0.677. The molecule has 3 nitrogen and oxygen atoms in total. The Balaban J connectivity index is 2.29. The van der Waals surface area contributed by atoms with Crippen LogP contribution in [0.1, 0.15) is 12.6 Å². The van der Waals surface area contributed by atoms with Gasteiger partial charge < -0.3 is 5.32 Å². The average molecular weight is 165 g/mol. The van der Waals surface area contributed by atoms with Gasteiger partial charge in [-0.15, -0.1) is 0 Å². The third-order valence-corrected chi connectivity index (χ3v) is 1.50. The molecule has 1 rings (SSSR count). The van der Waals surface area contributed by atoms with E-state index in [9.17, 15) is 0 Å². The number of nitrogens with zero attached hydrogens (tertiary/aromatic N) is 2. The molecular weight excluding hydrogens is 150 g/mol. The van der Waals surface area contributed by atoms with Gasteiger partial charge in [-0.05, 0) is 13.0 Å². The monoisotopic (exact) mass is 165 g/mol. The fourth-order valence-corrected chi connectivity index (χ4v) is 0.961. The van der Waals surface area contributed by atoms with Crippen LogP contribution in [0.4, 0.5) is 0 Å². The molecule has 0 spiro atoms. The number of nitrogens with one attached hydrogen (secondary N) is 1. The van der Waals surface area contributed by atoms with Gasteiger partial charge >= 0.3 is 0 Å². The number of rotatable bonds is 4. The van der Waals surface area contributed by atoms with Gasteiger partial charge in [0, 0.05) is 26.3 Å². The molecule has 1 aromatic heterocycles. The summed E-state index contributed by atoms with van der Waals surface area (Å²) < 4.78 is 1.80. The van der Waals surface area contributed by atoms with E-state index < -0.39 is 0 Å². The highest BCUT2D eigenvalue weighted by atomic mass is 15.3. The van der Waals surface area contributed by atoms with E-state index in [-0.39, 0.29) is 0 Å². The highest BCUT2D eigenvalue weighted by Crippen LogP contribution is 1.93. The lowest BCUT2D eigenvalue weighted by molar-refractivity contribution is 0.685. The first kappa shape index (κ1) is 9.00. The van der Waals surface area contributed by atoms with E-state index in [1.165, 1.54) is 0 Å². The van der Waals surface area contributed by atoms with E-state index in [1.807, 2.05) is 26.2 Å². The van der Waals surface area contributed by atoms with Gasteiger partial charge in [0.15, 0.2) is 0 Å². The summed E-state index contributed by atoms with van der Waals surface area (Å²) in [5, 5.41) is 7.47. The van der Waals surface area contributed by atoms with Crippen molar-refractivity contribution in [2.75, 3.05) is 6.54 Å². The third kappa shape index (κ3) is 2.88. The van der Waals surface area contributed by atoms with Crippen LogP contribution in [0.5, 0.6) is 0 Å². The minimum absolute atomic E-state index is 0.813. The molecule has 0 saturated carbocycles. The predicted octanol–water partition coefficient (Wildman–Crippen LogP) is 1.09. The zero-order chi connectivity index (χ0) is 8.97. The van der Waals surface area contributed by atoms with Crippen molar-refractivity contribution >= 4 is 0 Å². The minimum atomic E-state index is 0.813. The SMILES string of the molecule is C=C(C)CNCc1ccn(C)n1. The maximum atomic E-state index is 4.23. The lowest BCUT2D eigenvalue weighted by Crippen LogP contribution is -2.15. The van der Waals surface area contributed by atoms with Gasteiger partial charge in [0.1, 0.15) is 0 Å². The molecule has 0 fully saturated rings. The van der Waals surface area contributed by atoms with Crippen molar-refractivity contribution in [3.63, 3.8) is 0 Å².